The molecular formula is C14H27NO2. The number of hydrogen-bond donors (Lipinski definition) is 1. The van der Waals surface area contributed by atoms with E-state index in [9.17, 15) is 5.11 Å². The standard InChI is InChI=1S/C14H27NO2/c1-13(2,3)12(16)14(6-4-5-7-14)15-8-10-17-11-9-15/h12,16H,4-11H2,1-3H3. The van der Waals surface area contributed by atoms with Crippen molar-refractivity contribution in [3.05, 3.63) is 0 Å². The highest BCUT2D eigenvalue weighted by atomic mass is 16.5. The lowest BCUT2D eigenvalue weighted by Crippen LogP contribution is -2.61. The highest BCUT2D eigenvalue weighted by Gasteiger charge is 2.49. The molecular weight excluding hydrogens is 214 g/mol. The van der Waals surface area contributed by atoms with Gasteiger partial charge in [-0.3, -0.25) is 4.90 Å². The van der Waals surface area contributed by atoms with Crippen LogP contribution in [-0.4, -0.2) is 48.0 Å². The molecule has 0 spiro atoms. The van der Waals surface area contributed by atoms with Crippen molar-refractivity contribution in [2.24, 2.45) is 5.41 Å². The smallest absolute Gasteiger partial charge is 0.0772 e. The summed E-state index contributed by atoms with van der Waals surface area (Å²) >= 11 is 0. The lowest BCUT2D eigenvalue weighted by molar-refractivity contribution is -0.110. The topological polar surface area (TPSA) is 32.7 Å². The molecule has 2 rings (SSSR count). The molecule has 1 saturated carbocycles. The molecule has 0 aromatic rings. The van der Waals surface area contributed by atoms with Gasteiger partial charge in [-0.15, -0.1) is 0 Å². The Kier molecular flexibility index (Phi) is 3.81. The fourth-order valence-corrected chi connectivity index (χ4v) is 3.56. The van der Waals surface area contributed by atoms with E-state index in [0.29, 0.717) is 0 Å². The van der Waals surface area contributed by atoms with Crippen molar-refractivity contribution in [3.8, 4) is 0 Å². The molecule has 3 nitrogen and oxygen atoms in total. The van der Waals surface area contributed by atoms with E-state index in [-0.39, 0.29) is 17.1 Å². The molecule has 0 aromatic heterocycles. The third kappa shape index (κ3) is 2.51. The number of hydrogen-bond acceptors (Lipinski definition) is 3. The fraction of sp³-hybridized carbons (Fsp3) is 1.00. The van der Waals surface area contributed by atoms with Crippen LogP contribution in [-0.2, 0) is 4.74 Å². The maximum absolute atomic E-state index is 10.8. The maximum atomic E-state index is 10.8. The lowest BCUT2D eigenvalue weighted by atomic mass is 9.74. The first kappa shape index (κ1) is 13.3. The molecule has 1 saturated heterocycles. The Morgan fingerprint density at radius 1 is 1.12 bits per heavy atom. The van der Waals surface area contributed by atoms with Gasteiger partial charge in [0.05, 0.1) is 19.3 Å². The van der Waals surface area contributed by atoms with E-state index in [4.69, 9.17) is 4.74 Å². The van der Waals surface area contributed by atoms with Crippen LogP contribution in [0.15, 0.2) is 0 Å². The number of aliphatic hydroxyl groups excluding tert-OH is 1. The molecule has 1 aliphatic carbocycles. The van der Waals surface area contributed by atoms with E-state index in [2.05, 4.69) is 25.7 Å². The van der Waals surface area contributed by atoms with Crippen LogP contribution in [0, 0.1) is 5.41 Å². The maximum Gasteiger partial charge on any atom is 0.0772 e. The molecule has 1 N–H and O–H groups in total. The Labute approximate surface area is 105 Å². The summed E-state index contributed by atoms with van der Waals surface area (Å²) in [6, 6.07) is 0. The van der Waals surface area contributed by atoms with Crippen molar-refractivity contribution in [2.45, 2.75) is 58.1 Å². The van der Waals surface area contributed by atoms with Gasteiger partial charge in [0.1, 0.15) is 0 Å². The molecule has 1 atom stereocenters. The molecule has 2 aliphatic rings. The van der Waals surface area contributed by atoms with Crippen LogP contribution >= 0.6 is 0 Å². The molecule has 0 radical (unpaired) electrons. The zero-order chi connectivity index (χ0) is 12.5. The lowest BCUT2D eigenvalue weighted by Gasteiger charge is -2.50. The predicted molar refractivity (Wildman–Crippen MR) is 69.1 cm³/mol. The summed E-state index contributed by atoms with van der Waals surface area (Å²) in [5.41, 5.74) is -0.0231. The fourth-order valence-electron chi connectivity index (χ4n) is 3.56. The molecule has 3 heteroatoms. The summed E-state index contributed by atoms with van der Waals surface area (Å²) in [6.07, 6.45) is 4.56. The quantitative estimate of drug-likeness (QED) is 0.803. The van der Waals surface area contributed by atoms with Gasteiger partial charge in [0.15, 0.2) is 0 Å². The summed E-state index contributed by atoms with van der Waals surface area (Å²) < 4.78 is 5.45. The summed E-state index contributed by atoms with van der Waals surface area (Å²) in [7, 11) is 0. The largest absolute Gasteiger partial charge is 0.391 e. The Balaban J connectivity index is 2.19. The molecule has 1 aliphatic heterocycles. The molecule has 100 valence electrons. The molecule has 0 bridgehead atoms. The average Bonchev–Trinajstić information content (AvgIpc) is 2.78. The Morgan fingerprint density at radius 2 is 1.65 bits per heavy atom. The summed E-state index contributed by atoms with van der Waals surface area (Å²) in [5, 5.41) is 10.8. The molecule has 1 unspecified atom stereocenters. The van der Waals surface area contributed by atoms with Crippen LogP contribution in [0.5, 0.6) is 0 Å². The van der Waals surface area contributed by atoms with E-state index >= 15 is 0 Å². The highest BCUT2D eigenvalue weighted by Crippen LogP contribution is 2.43. The van der Waals surface area contributed by atoms with Gasteiger partial charge in [0.25, 0.3) is 0 Å². The van der Waals surface area contributed by atoms with Crippen molar-refractivity contribution >= 4 is 0 Å². The zero-order valence-electron chi connectivity index (χ0n) is 11.5. The van der Waals surface area contributed by atoms with E-state index in [1.165, 1.54) is 12.8 Å². The van der Waals surface area contributed by atoms with Crippen molar-refractivity contribution in [2.75, 3.05) is 26.3 Å². The van der Waals surface area contributed by atoms with Crippen molar-refractivity contribution in [1.82, 2.24) is 4.90 Å². The van der Waals surface area contributed by atoms with Gasteiger partial charge in [0, 0.05) is 18.6 Å². The minimum atomic E-state index is -0.240. The van der Waals surface area contributed by atoms with Crippen LogP contribution in [0.25, 0.3) is 0 Å². The van der Waals surface area contributed by atoms with E-state index in [1.54, 1.807) is 0 Å². The highest BCUT2D eigenvalue weighted by molar-refractivity contribution is 5.04. The molecule has 1 heterocycles. The van der Waals surface area contributed by atoms with E-state index < -0.39 is 0 Å². The number of aliphatic hydroxyl groups is 1. The van der Waals surface area contributed by atoms with Gasteiger partial charge >= 0.3 is 0 Å². The predicted octanol–water partition coefficient (Wildman–Crippen LogP) is 2.04. The zero-order valence-corrected chi connectivity index (χ0v) is 11.5. The van der Waals surface area contributed by atoms with Gasteiger partial charge < -0.3 is 9.84 Å². The number of rotatable bonds is 2. The minimum Gasteiger partial charge on any atom is -0.391 e. The summed E-state index contributed by atoms with van der Waals surface area (Å²) in [6.45, 7) is 10.0. The molecule has 2 fully saturated rings. The van der Waals surface area contributed by atoms with Crippen molar-refractivity contribution in [3.63, 3.8) is 0 Å². The van der Waals surface area contributed by atoms with Gasteiger partial charge in [-0.05, 0) is 18.3 Å². The summed E-state index contributed by atoms with van der Waals surface area (Å²) in [5.74, 6) is 0. The Bertz CT molecular complexity index is 247. The normalized spacial score (nSPS) is 28.2. The van der Waals surface area contributed by atoms with E-state index in [0.717, 1.165) is 39.1 Å². The monoisotopic (exact) mass is 241 g/mol. The van der Waals surface area contributed by atoms with Crippen LogP contribution in [0.4, 0.5) is 0 Å². The van der Waals surface area contributed by atoms with Crippen molar-refractivity contribution in [1.29, 1.82) is 0 Å². The third-order valence-electron chi connectivity index (χ3n) is 4.44. The Hall–Kier alpha value is -0.120. The van der Waals surface area contributed by atoms with Gasteiger partial charge in [-0.2, -0.15) is 0 Å². The molecule has 17 heavy (non-hydrogen) atoms. The van der Waals surface area contributed by atoms with Crippen LogP contribution in [0.2, 0.25) is 0 Å². The minimum absolute atomic E-state index is 0.0159. The Morgan fingerprint density at radius 3 is 2.12 bits per heavy atom. The van der Waals surface area contributed by atoms with Gasteiger partial charge in [-0.1, -0.05) is 33.6 Å². The second-order valence-corrected chi connectivity index (χ2v) is 6.68. The second-order valence-electron chi connectivity index (χ2n) is 6.68. The average molecular weight is 241 g/mol. The van der Waals surface area contributed by atoms with Crippen molar-refractivity contribution < 1.29 is 9.84 Å². The van der Waals surface area contributed by atoms with E-state index in [1.807, 2.05) is 0 Å². The van der Waals surface area contributed by atoms with Gasteiger partial charge in [-0.25, -0.2) is 0 Å². The molecule has 0 amide bonds. The first-order chi connectivity index (χ1) is 7.97. The summed E-state index contributed by atoms with van der Waals surface area (Å²) in [4.78, 5) is 2.50. The second kappa shape index (κ2) is 4.87. The number of ether oxygens (including phenoxy) is 1. The first-order valence-corrected chi connectivity index (χ1v) is 6.98. The van der Waals surface area contributed by atoms with Crippen LogP contribution in [0.1, 0.15) is 46.5 Å². The number of morpholine rings is 1. The van der Waals surface area contributed by atoms with Crippen LogP contribution < -0.4 is 0 Å². The number of nitrogens with zero attached hydrogens (tertiary/aromatic N) is 1. The van der Waals surface area contributed by atoms with Crippen LogP contribution in [0.3, 0.4) is 0 Å². The SMILES string of the molecule is CC(C)(C)C(O)C1(N2CCOCC2)CCCC1. The molecule has 0 aromatic carbocycles. The third-order valence-corrected chi connectivity index (χ3v) is 4.44. The first-order valence-electron chi connectivity index (χ1n) is 6.98. The van der Waals surface area contributed by atoms with Gasteiger partial charge in [0.2, 0.25) is 0 Å².